The molecule has 1 N–H and O–H groups in total. The molecule has 1 saturated carbocycles. The molecule has 0 radical (unpaired) electrons. The van der Waals surface area contributed by atoms with Gasteiger partial charge in [-0.05, 0) is 53.1 Å². The van der Waals surface area contributed by atoms with Crippen LogP contribution in [0.5, 0.6) is 5.75 Å². The zero-order valence-corrected chi connectivity index (χ0v) is 11.4. The van der Waals surface area contributed by atoms with Crippen LogP contribution in [-0.4, -0.2) is 11.7 Å². The van der Waals surface area contributed by atoms with E-state index in [1.807, 2.05) is 12.1 Å². The van der Waals surface area contributed by atoms with E-state index in [0.29, 0.717) is 0 Å². The number of benzene rings is 2. The van der Waals surface area contributed by atoms with Gasteiger partial charge in [0.2, 0.25) is 0 Å². The van der Waals surface area contributed by atoms with Gasteiger partial charge in [-0.3, -0.25) is 0 Å². The van der Waals surface area contributed by atoms with Gasteiger partial charge in [0, 0.05) is 6.42 Å². The highest BCUT2D eigenvalue weighted by atomic mass is 16.5. The van der Waals surface area contributed by atoms with Crippen LogP contribution >= 0.6 is 0 Å². The van der Waals surface area contributed by atoms with Gasteiger partial charge in [-0.2, -0.15) is 0 Å². The number of aliphatic hydroxyl groups is 1. The predicted octanol–water partition coefficient (Wildman–Crippen LogP) is 3.58. The smallest absolute Gasteiger partial charge is 0.122 e. The van der Waals surface area contributed by atoms with Crippen LogP contribution in [0.2, 0.25) is 0 Å². The summed E-state index contributed by atoms with van der Waals surface area (Å²) in [6.07, 6.45) is 3.02. The maximum Gasteiger partial charge on any atom is 0.122 e. The maximum absolute atomic E-state index is 10.5. The molecule has 1 fully saturated rings. The quantitative estimate of drug-likeness (QED) is 0.920. The van der Waals surface area contributed by atoms with Crippen LogP contribution < -0.4 is 4.74 Å². The Morgan fingerprint density at radius 2 is 1.75 bits per heavy atom. The molecule has 2 aromatic carbocycles. The van der Waals surface area contributed by atoms with E-state index in [1.54, 1.807) is 0 Å². The largest absolute Gasteiger partial charge is 0.493 e. The Balaban J connectivity index is 1.60. The second-order valence-electron chi connectivity index (χ2n) is 5.81. The molecule has 0 saturated heterocycles. The summed E-state index contributed by atoms with van der Waals surface area (Å²) in [5.41, 5.74) is 4.53. The minimum Gasteiger partial charge on any atom is -0.493 e. The molecule has 2 aromatic rings. The Morgan fingerprint density at radius 3 is 2.50 bits per heavy atom. The van der Waals surface area contributed by atoms with Gasteiger partial charge >= 0.3 is 0 Å². The first-order valence-corrected chi connectivity index (χ1v) is 7.35. The molecule has 0 bridgehead atoms. The van der Waals surface area contributed by atoms with Crippen LogP contribution in [-0.2, 0) is 6.42 Å². The molecule has 1 heterocycles. The Bertz CT molecular complexity index is 626. The Kier molecular flexibility index (Phi) is 2.78. The van der Waals surface area contributed by atoms with Gasteiger partial charge in [-0.15, -0.1) is 0 Å². The van der Waals surface area contributed by atoms with Crippen molar-refractivity contribution in [3.63, 3.8) is 0 Å². The molecular weight excluding hydrogens is 248 g/mol. The first-order valence-electron chi connectivity index (χ1n) is 7.35. The third-order valence-electron chi connectivity index (χ3n) is 4.33. The van der Waals surface area contributed by atoms with Crippen molar-refractivity contribution in [2.45, 2.75) is 31.3 Å². The van der Waals surface area contributed by atoms with Crippen LogP contribution in [0.4, 0.5) is 0 Å². The van der Waals surface area contributed by atoms with Crippen LogP contribution in [0, 0.1) is 0 Å². The zero-order valence-electron chi connectivity index (χ0n) is 11.4. The summed E-state index contributed by atoms with van der Waals surface area (Å²) in [7, 11) is 0. The van der Waals surface area contributed by atoms with Crippen molar-refractivity contribution < 1.29 is 9.84 Å². The third kappa shape index (κ3) is 2.10. The van der Waals surface area contributed by atoms with Gasteiger partial charge in [-0.25, -0.2) is 0 Å². The molecule has 0 spiro atoms. The number of fused-ring (bicyclic) bond motifs is 1. The number of hydrogen-bond donors (Lipinski definition) is 1. The molecule has 0 aromatic heterocycles. The summed E-state index contributed by atoms with van der Waals surface area (Å²) < 4.78 is 5.51. The van der Waals surface area contributed by atoms with E-state index in [9.17, 15) is 5.11 Å². The zero-order chi connectivity index (χ0) is 13.5. The summed E-state index contributed by atoms with van der Waals surface area (Å²) in [5, 5.41) is 10.5. The van der Waals surface area contributed by atoms with Crippen LogP contribution in [0.25, 0.3) is 0 Å². The van der Waals surface area contributed by atoms with Crippen molar-refractivity contribution in [1.29, 1.82) is 0 Å². The van der Waals surface area contributed by atoms with E-state index in [-0.39, 0.29) is 0 Å². The average molecular weight is 266 g/mol. The predicted molar refractivity (Wildman–Crippen MR) is 78.1 cm³/mol. The van der Waals surface area contributed by atoms with Gasteiger partial charge in [-0.1, -0.05) is 30.3 Å². The van der Waals surface area contributed by atoms with Crippen molar-refractivity contribution in [1.82, 2.24) is 0 Å². The molecule has 2 aliphatic rings. The molecular formula is C18H18O2. The lowest BCUT2D eigenvalue weighted by molar-refractivity contribution is 0.220. The van der Waals surface area contributed by atoms with Gasteiger partial charge < -0.3 is 9.84 Å². The Labute approximate surface area is 119 Å². The Morgan fingerprint density at radius 1 is 1.00 bits per heavy atom. The van der Waals surface area contributed by atoms with Crippen molar-refractivity contribution in [3.05, 3.63) is 64.7 Å². The van der Waals surface area contributed by atoms with E-state index < -0.39 is 6.10 Å². The maximum atomic E-state index is 10.5. The highest BCUT2D eigenvalue weighted by molar-refractivity contribution is 5.43. The van der Waals surface area contributed by atoms with Crippen molar-refractivity contribution >= 4 is 0 Å². The number of rotatable bonds is 3. The minimum atomic E-state index is -0.547. The van der Waals surface area contributed by atoms with Crippen LogP contribution in [0.15, 0.2) is 42.5 Å². The third-order valence-corrected chi connectivity index (χ3v) is 4.33. The molecule has 1 aliphatic carbocycles. The van der Waals surface area contributed by atoms with Gasteiger partial charge in [0.25, 0.3) is 0 Å². The molecule has 0 amide bonds. The fourth-order valence-electron chi connectivity index (χ4n) is 2.94. The molecule has 20 heavy (non-hydrogen) atoms. The summed E-state index contributed by atoms with van der Waals surface area (Å²) >= 11 is 0. The topological polar surface area (TPSA) is 29.5 Å². The van der Waals surface area contributed by atoms with E-state index in [0.717, 1.165) is 35.8 Å². The Hall–Kier alpha value is -1.80. The second kappa shape index (κ2) is 4.64. The lowest BCUT2D eigenvalue weighted by atomic mass is 9.97. The highest BCUT2D eigenvalue weighted by Gasteiger charge is 2.23. The SMILES string of the molecule is OC(c1ccc(C2CC2)cc1)c1ccc2c(c1)CCO2. The summed E-state index contributed by atoms with van der Waals surface area (Å²) in [5.74, 6) is 1.73. The van der Waals surface area contributed by atoms with E-state index in [4.69, 9.17) is 4.74 Å². The number of ether oxygens (including phenoxy) is 1. The fourth-order valence-corrected chi connectivity index (χ4v) is 2.94. The van der Waals surface area contributed by atoms with Crippen molar-refractivity contribution in [2.24, 2.45) is 0 Å². The lowest BCUT2D eigenvalue weighted by Crippen LogP contribution is -2.00. The molecule has 1 atom stereocenters. The minimum absolute atomic E-state index is 0.547. The number of hydrogen-bond acceptors (Lipinski definition) is 2. The average Bonchev–Trinajstić information content (AvgIpc) is 3.24. The van der Waals surface area contributed by atoms with E-state index in [2.05, 4.69) is 30.3 Å². The summed E-state index contributed by atoms with van der Waals surface area (Å²) in [4.78, 5) is 0. The van der Waals surface area contributed by atoms with E-state index >= 15 is 0 Å². The standard InChI is InChI=1S/C18H18O2/c19-18(14-5-3-13(4-6-14)12-1-2-12)16-7-8-17-15(11-16)9-10-20-17/h3-8,11-12,18-19H,1-2,9-10H2. The van der Waals surface area contributed by atoms with Gasteiger partial charge in [0.05, 0.1) is 6.61 Å². The molecule has 1 unspecified atom stereocenters. The molecule has 1 aliphatic heterocycles. The normalized spacial score (nSPS) is 18.4. The highest BCUT2D eigenvalue weighted by Crippen LogP contribution is 2.40. The first-order chi connectivity index (χ1) is 9.81. The molecule has 2 nitrogen and oxygen atoms in total. The van der Waals surface area contributed by atoms with Crippen molar-refractivity contribution in [3.8, 4) is 5.75 Å². The summed E-state index contributed by atoms with van der Waals surface area (Å²) in [6, 6.07) is 14.4. The lowest BCUT2D eigenvalue weighted by Gasteiger charge is -2.13. The second-order valence-corrected chi connectivity index (χ2v) is 5.81. The fraction of sp³-hybridized carbons (Fsp3) is 0.333. The van der Waals surface area contributed by atoms with Crippen molar-refractivity contribution in [2.75, 3.05) is 6.61 Å². The molecule has 4 rings (SSSR count). The van der Waals surface area contributed by atoms with Crippen LogP contribution in [0.1, 0.15) is 47.1 Å². The number of aliphatic hydroxyl groups excluding tert-OH is 1. The molecule has 102 valence electrons. The van der Waals surface area contributed by atoms with E-state index in [1.165, 1.54) is 24.0 Å². The van der Waals surface area contributed by atoms with Gasteiger partial charge in [0.1, 0.15) is 11.9 Å². The van der Waals surface area contributed by atoms with Gasteiger partial charge in [0.15, 0.2) is 0 Å². The molecule has 2 heteroatoms. The van der Waals surface area contributed by atoms with Crippen LogP contribution in [0.3, 0.4) is 0 Å². The monoisotopic (exact) mass is 266 g/mol. The first kappa shape index (κ1) is 12.0. The summed E-state index contributed by atoms with van der Waals surface area (Å²) in [6.45, 7) is 0.755.